The van der Waals surface area contributed by atoms with Gasteiger partial charge in [-0.3, -0.25) is 14.9 Å². The van der Waals surface area contributed by atoms with Crippen molar-refractivity contribution < 1.29 is 9.30 Å². The molecule has 4 heterocycles. The van der Waals surface area contributed by atoms with Gasteiger partial charge in [0.15, 0.2) is 0 Å². The first-order valence-electron chi connectivity index (χ1n) is 18.1. The molecule has 2 aromatic carbocycles. The van der Waals surface area contributed by atoms with Crippen molar-refractivity contribution in [1.82, 2.24) is 29.7 Å². The average Bonchev–Trinajstić information content (AvgIpc) is 3.99. The van der Waals surface area contributed by atoms with E-state index in [9.17, 15) is 4.57 Å². The van der Waals surface area contributed by atoms with Gasteiger partial charge in [0.1, 0.15) is 18.7 Å². The lowest BCUT2D eigenvalue weighted by Gasteiger charge is -2.43. The zero-order valence-electron chi connectivity index (χ0n) is 30.3. The van der Waals surface area contributed by atoms with Crippen LogP contribution in [0.15, 0.2) is 53.4 Å². The minimum atomic E-state index is -2.70. The van der Waals surface area contributed by atoms with E-state index in [1.807, 2.05) is 30.6 Å². The zero-order chi connectivity index (χ0) is 35.7. The molecule has 3 aliphatic rings. The van der Waals surface area contributed by atoms with Crippen LogP contribution in [0.4, 0.5) is 28.8 Å². The molecule has 2 aromatic heterocycles. The number of aromatic nitrogens is 4. The van der Waals surface area contributed by atoms with Crippen LogP contribution in [0.3, 0.4) is 0 Å². The number of methoxy groups -OCH3 is 1. The highest BCUT2D eigenvalue weighted by molar-refractivity contribution is 9.10. The molecule has 13 heteroatoms. The Morgan fingerprint density at radius 1 is 0.902 bits per heavy atom. The molecule has 0 amide bonds. The van der Waals surface area contributed by atoms with Crippen LogP contribution in [0.2, 0.25) is 0 Å². The third-order valence-electron chi connectivity index (χ3n) is 10.4. The van der Waals surface area contributed by atoms with Crippen molar-refractivity contribution in [1.29, 1.82) is 0 Å². The summed E-state index contributed by atoms with van der Waals surface area (Å²) in [6.45, 7) is 12.5. The first-order chi connectivity index (χ1) is 24.6. The second kappa shape index (κ2) is 15.2. The largest absolute Gasteiger partial charge is 0.494 e. The van der Waals surface area contributed by atoms with Crippen molar-refractivity contribution >= 4 is 57.2 Å². The second-order valence-electron chi connectivity index (χ2n) is 14.4. The molecule has 3 fully saturated rings. The molecule has 0 bridgehead atoms. The molecule has 7 rings (SSSR count). The number of aryl methyl sites for hydroxylation is 1. The molecule has 2 N–H and O–H groups in total. The summed E-state index contributed by atoms with van der Waals surface area (Å²) in [5.41, 5.74) is 6.70. The highest BCUT2D eigenvalue weighted by Gasteiger charge is 2.29. The number of likely N-dealkylation sites (N-methyl/N-ethyl adjacent to an activating group) is 1. The van der Waals surface area contributed by atoms with E-state index < -0.39 is 7.14 Å². The number of nitrogens with zero attached hydrogens (tertiary/aromatic N) is 7. The van der Waals surface area contributed by atoms with E-state index in [0.29, 0.717) is 39.2 Å². The third kappa shape index (κ3) is 8.25. The molecule has 0 spiro atoms. The average molecular weight is 775 g/mol. The normalized spacial score (nSPS) is 17.8. The first kappa shape index (κ1) is 35.8. The van der Waals surface area contributed by atoms with Gasteiger partial charge in [0.25, 0.3) is 0 Å². The van der Waals surface area contributed by atoms with Gasteiger partial charge in [-0.05, 0) is 92.2 Å². The predicted molar refractivity (Wildman–Crippen MR) is 212 cm³/mol. The number of nitrogens with one attached hydrogen (secondary N) is 2. The van der Waals surface area contributed by atoms with E-state index >= 15 is 0 Å². The zero-order valence-corrected chi connectivity index (χ0v) is 32.8. The molecular formula is C38H49BrN9O2P. The van der Waals surface area contributed by atoms with E-state index in [1.54, 1.807) is 26.6 Å². The lowest BCUT2D eigenvalue weighted by Crippen LogP contribution is -2.52. The fourth-order valence-corrected chi connectivity index (χ4v) is 8.65. The number of rotatable bonds is 11. The summed E-state index contributed by atoms with van der Waals surface area (Å²) in [5.74, 6) is 2.26. The maximum absolute atomic E-state index is 13.6. The Morgan fingerprint density at radius 3 is 2.31 bits per heavy atom. The van der Waals surface area contributed by atoms with Gasteiger partial charge in [-0.25, -0.2) is 4.98 Å². The molecule has 11 nitrogen and oxygen atoms in total. The lowest BCUT2D eigenvalue weighted by molar-refractivity contribution is 0.0982. The molecule has 0 radical (unpaired) electrons. The molecule has 51 heavy (non-hydrogen) atoms. The van der Waals surface area contributed by atoms with Gasteiger partial charge in [-0.1, -0.05) is 13.0 Å². The molecule has 2 saturated heterocycles. The maximum Gasteiger partial charge on any atom is 0.229 e. The summed E-state index contributed by atoms with van der Waals surface area (Å²) >= 11 is 3.62. The number of piperidine rings is 1. The summed E-state index contributed by atoms with van der Waals surface area (Å²) in [7, 11) is 1.23. The SMILES string of the molecule is CCc1cc(Nc2ncc(Br)c(Nc3ccc(-c4cnc(C5CC5)cn4)cc3P(C)(C)=O)n2)c(OC)cc1N1CCC(N2CCN(C)CC2)CC1. The molecule has 1 saturated carbocycles. The number of hydrogen-bond acceptors (Lipinski definition) is 11. The number of benzene rings is 2. The highest BCUT2D eigenvalue weighted by Crippen LogP contribution is 2.42. The summed E-state index contributed by atoms with van der Waals surface area (Å²) in [6, 6.07) is 10.9. The van der Waals surface area contributed by atoms with Crippen molar-refractivity contribution in [3.63, 3.8) is 0 Å². The van der Waals surface area contributed by atoms with Crippen molar-refractivity contribution in [2.24, 2.45) is 0 Å². The quantitative estimate of drug-likeness (QED) is 0.152. The van der Waals surface area contributed by atoms with Crippen LogP contribution in [0.5, 0.6) is 5.75 Å². The predicted octanol–water partition coefficient (Wildman–Crippen LogP) is 7.10. The Balaban J connectivity index is 1.09. The Labute approximate surface area is 310 Å². The number of anilines is 5. The smallest absolute Gasteiger partial charge is 0.229 e. The topological polar surface area (TPSA) is 112 Å². The fourth-order valence-electron chi connectivity index (χ4n) is 7.20. The van der Waals surface area contributed by atoms with E-state index in [1.165, 1.54) is 50.0 Å². The van der Waals surface area contributed by atoms with Crippen molar-refractivity contribution in [3.05, 3.63) is 64.7 Å². The van der Waals surface area contributed by atoms with Crippen LogP contribution in [-0.4, -0.2) is 103 Å². The Hall–Kier alpha value is -3.57. The van der Waals surface area contributed by atoms with E-state index in [4.69, 9.17) is 9.72 Å². The van der Waals surface area contributed by atoms with E-state index in [2.05, 4.69) is 82.3 Å². The summed E-state index contributed by atoms with van der Waals surface area (Å²) in [4.78, 5) is 26.3. The van der Waals surface area contributed by atoms with Crippen molar-refractivity contribution in [2.45, 2.75) is 51.0 Å². The molecule has 0 atom stereocenters. The molecular weight excluding hydrogens is 725 g/mol. The molecule has 0 unspecified atom stereocenters. The van der Waals surface area contributed by atoms with Gasteiger partial charge in [-0.15, -0.1) is 0 Å². The number of halogens is 1. The summed E-state index contributed by atoms with van der Waals surface area (Å²) in [5, 5.41) is 7.56. The summed E-state index contributed by atoms with van der Waals surface area (Å²) in [6.07, 6.45) is 11.0. The van der Waals surface area contributed by atoms with Crippen molar-refractivity contribution in [3.8, 4) is 17.0 Å². The van der Waals surface area contributed by atoms with Crippen LogP contribution in [-0.2, 0) is 11.0 Å². The van der Waals surface area contributed by atoms with Gasteiger partial charge in [0.05, 0.1) is 40.5 Å². The van der Waals surface area contributed by atoms with Gasteiger partial charge < -0.3 is 29.7 Å². The number of hydrogen-bond donors (Lipinski definition) is 2. The lowest BCUT2D eigenvalue weighted by atomic mass is 9.99. The van der Waals surface area contributed by atoms with E-state index in [0.717, 1.165) is 61.0 Å². The van der Waals surface area contributed by atoms with Crippen LogP contribution in [0.25, 0.3) is 11.3 Å². The Morgan fingerprint density at radius 2 is 1.67 bits per heavy atom. The molecule has 270 valence electrons. The molecule has 4 aromatic rings. The first-order valence-corrected chi connectivity index (χ1v) is 21.5. The highest BCUT2D eigenvalue weighted by atomic mass is 79.9. The van der Waals surface area contributed by atoms with Crippen LogP contribution in [0.1, 0.15) is 49.8 Å². The minimum absolute atomic E-state index is 0.419. The van der Waals surface area contributed by atoms with Gasteiger partial charge in [0.2, 0.25) is 5.95 Å². The minimum Gasteiger partial charge on any atom is -0.494 e. The standard InChI is InChI=1S/C38H49BrN9O2P/c1-6-25-19-31(35(50-3)21-34(25)48-13-11-28(12-14-48)47-17-15-46(2)16-18-47)44-38-42-22-29(39)37(45-38)43-30-10-9-27(20-36(30)51(4,5)49)33-24-40-32(23-41-33)26-7-8-26/h9-10,19-24,26,28H,6-8,11-18H2,1-5H3,(H2,42,43,44,45). The van der Waals surface area contributed by atoms with Crippen molar-refractivity contribution in [2.75, 3.05) is 82.3 Å². The van der Waals surface area contributed by atoms with Gasteiger partial charge >= 0.3 is 0 Å². The van der Waals surface area contributed by atoms with Gasteiger partial charge in [0, 0.05) is 86.2 Å². The number of ether oxygens (including phenoxy) is 1. The maximum atomic E-state index is 13.6. The fraction of sp³-hybridized carbons (Fsp3) is 0.474. The number of piperazine rings is 1. The molecule has 2 aliphatic heterocycles. The molecule has 1 aliphatic carbocycles. The summed E-state index contributed by atoms with van der Waals surface area (Å²) < 4.78 is 20.2. The second-order valence-corrected chi connectivity index (χ2v) is 18.5. The Kier molecular flexibility index (Phi) is 10.7. The Bertz CT molecular complexity index is 1900. The monoisotopic (exact) mass is 773 g/mol. The van der Waals surface area contributed by atoms with Gasteiger partial charge in [-0.2, -0.15) is 4.98 Å². The third-order valence-corrected chi connectivity index (χ3v) is 12.5. The van der Waals surface area contributed by atoms with Crippen LogP contribution in [0, 0.1) is 0 Å². The van der Waals surface area contributed by atoms with Crippen LogP contribution >= 0.6 is 23.1 Å². The van der Waals surface area contributed by atoms with E-state index in [-0.39, 0.29) is 0 Å². The van der Waals surface area contributed by atoms with Crippen LogP contribution < -0.4 is 25.6 Å².